The second-order valence-corrected chi connectivity index (χ2v) is 4.57. The summed E-state index contributed by atoms with van der Waals surface area (Å²) in [6.45, 7) is 1.82. The van der Waals surface area contributed by atoms with Gasteiger partial charge in [0.2, 0.25) is 0 Å². The fraction of sp³-hybridized carbons (Fsp3) is 0.308. The first kappa shape index (κ1) is 11.7. The number of anilines is 1. The summed E-state index contributed by atoms with van der Waals surface area (Å²) < 4.78 is 1.77. The number of benzene rings is 1. The van der Waals surface area contributed by atoms with Crippen LogP contribution in [0.15, 0.2) is 30.9 Å². The Bertz CT molecular complexity index is 589. The van der Waals surface area contributed by atoms with Crippen LogP contribution in [0.5, 0.6) is 0 Å². The lowest BCUT2D eigenvalue weighted by atomic mass is 10.1. The van der Waals surface area contributed by atoms with E-state index in [0.717, 1.165) is 37.3 Å². The third kappa shape index (κ3) is 2.16. The third-order valence-corrected chi connectivity index (χ3v) is 3.38. The lowest BCUT2D eigenvalue weighted by molar-refractivity contribution is 0.0697. The molecule has 1 N–H and O–H groups in total. The largest absolute Gasteiger partial charge is 0.478 e. The van der Waals surface area contributed by atoms with Gasteiger partial charge < -0.3 is 10.0 Å². The lowest BCUT2D eigenvalue weighted by Gasteiger charge is -2.20. The predicted molar refractivity (Wildman–Crippen MR) is 69.8 cm³/mol. The van der Waals surface area contributed by atoms with Crippen LogP contribution in [-0.2, 0) is 0 Å². The monoisotopic (exact) mass is 258 g/mol. The van der Waals surface area contributed by atoms with Crippen molar-refractivity contribution in [3.63, 3.8) is 0 Å². The van der Waals surface area contributed by atoms with Crippen LogP contribution in [0.3, 0.4) is 0 Å². The maximum atomic E-state index is 11.3. The highest BCUT2D eigenvalue weighted by atomic mass is 16.4. The number of rotatable bonds is 3. The Morgan fingerprint density at radius 3 is 2.47 bits per heavy atom. The van der Waals surface area contributed by atoms with Gasteiger partial charge in [-0.2, -0.15) is 0 Å². The van der Waals surface area contributed by atoms with Gasteiger partial charge in [-0.05, 0) is 31.0 Å². The van der Waals surface area contributed by atoms with Crippen molar-refractivity contribution in [3.05, 3.63) is 36.4 Å². The van der Waals surface area contributed by atoms with Crippen LogP contribution in [-0.4, -0.2) is 38.9 Å². The van der Waals surface area contributed by atoms with Crippen molar-refractivity contribution in [3.8, 4) is 5.69 Å². The van der Waals surface area contributed by atoms with Crippen LogP contribution in [0.1, 0.15) is 23.2 Å². The second-order valence-electron chi connectivity index (χ2n) is 4.57. The average molecular weight is 258 g/mol. The Balaban J connectivity index is 2.06. The van der Waals surface area contributed by atoms with Crippen molar-refractivity contribution in [1.82, 2.24) is 14.8 Å². The summed E-state index contributed by atoms with van der Waals surface area (Å²) >= 11 is 0. The molecular formula is C13H14N4O2. The zero-order valence-electron chi connectivity index (χ0n) is 10.4. The maximum Gasteiger partial charge on any atom is 0.337 e. The molecule has 19 heavy (non-hydrogen) atoms. The van der Waals surface area contributed by atoms with E-state index in [4.69, 9.17) is 0 Å². The molecule has 1 aliphatic heterocycles. The minimum atomic E-state index is -0.891. The molecule has 0 bridgehead atoms. The molecule has 2 aromatic rings. The quantitative estimate of drug-likeness (QED) is 0.904. The highest BCUT2D eigenvalue weighted by molar-refractivity contribution is 5.95. The van der Waals surface area contributed by atoms with Crippen molar-refractivity contribution in [2.75, 3.05) is 18.0 Å². The van der Waals surface area contributed by atoms with Crippen molar-refractivity contribution in [2.45, 2.75) is 12.8 Å². The van der Waals surface area contributed by atoms with Crippen LogP contribution in [0, 0.1) is 0 Å². The highest BCUT2D eigenvalue weighted by Gasteiger charge is 2.19. The molecule has 98 valence electrons. The molecule has 2 heterocycles. The van der Waals surface area contributed by atoms with Crippen LogP contribution >= 0.6 is 0 Å². The first-order valence-corrected chi connectivity index (χ1v) is 6.23. The summed E-state index contributed by atoms with van der Waals surface area (Å²) in [6.07, 6.45) is 5.42. The van der Waals surface area contributed by atoms with E-state index < -0.39 is 5.97 Å². The van der Waals surface area contributed by atoms with E-state index in [2.05, 4.69) is 15.1 Å². The van der Waals surface area contributed by atoms with Gasteiger partial charge in [0.1, 0.15) is 12.7 Å². The van der Waals surface area contributed by atoms with Gasteiger partial charge in [-0.3, -0.25) is 4.57 Å². The predicted octanol–water partition coefficient (Wildman–Crippen LogP) is 1.57. The fourth-order valence-electron chi connectivity index (χ4n) is 2.42. The minimum Gasteiger partial charge on any atom is -0.478 e. The molecule has 1 aromatic carbocycles. The number of hydrogen-bond acceptors (Lipinski definition) is 4. The third-order valence-electron chi connectivity index (χ3n) is 3.38. The molecule has 1 aromatic heterocycles. The van der Waals surface area contributed by atoms with Gasteiger partial charge in [0.15, 0.2) is 0 Å². The Morgan fingerprint density at radius 2 is 1.84 bits per heavy atom. The first-order chi connectivity index (χ1) is 9.25. The molecule has 0 atom stereocenters. The zero-order valence-corrected chi connectivity index (χ0v) is 10.4. The number of aromatic carboxylic acids is 1. The standard InChI is InChI=1S/C13H14N4O2/c18-13(19)11-4-3-10(17-8-14-15-9-17)7-12(11)16-5-1-2-6-16/h3-4,7-9H,1-2,5-6H2,(H,18,19). The van der Waals surface area contributed by atoms with E-state index in [0.29, 0.717) is 5.56 Å². The number of nitrogens with zero attached hydrogens (tertiary/aromatic N) is 4. The molecule has 0 unspecified atom stereocenters. The number of hydrogen-bond donors (Lipinski definition) is 1. The summed E-state index contributed by atoms with van der Waals surface area (Å²) in [5.74, 6) is -0.891. The van der Waals surface area contributed by atoms with E-state index in [1.807, 2.05) is 6.07 Å². The molecule has 0 spiro atoms. The summed E-state index contributed by atoms with van der Waals surface area (Å²) in [4.78, 5) is 13.4. The molecule has 1 fully saturated rings. The fourth-order valence-corrected chi connectivity index (χ4v) is 2.42. The molecular weight excluding hydrogens is 244 g/mol. The van der Waals surface area contributed by atoms with E-state index in [-0.39, 0.29) is 0 Å². The van der Waals surface area contributed by atoms with Gasteiger partial charge in [-0.15, -0.1) is 10.2 Å². The smallest absolute Gasteiger partial charge is 0.337 e. The summed E-state index contributed by atoms with van der Waals surface area (Å²) in [5.41, 5.74) is 1.99. The Morgan fingerprint density at radius 1 is 1.16 bits per heavy atom. The topological polar surface area (TPSA) is 71.2 Å². The Hall–Kier alpha value is -2.37. The molecule has 0 saturated carbocycles. The molecule has 6 nitrogen and oxygen atoms in total. The van der Waals surface area contributed by atoms with Crippen molar-refractivity contribution in [2.24, 2.45) is 0 Å². The van der Waals surface area contributed by atoms with Gasteiger partial charge in [-0.25, -0.2) is 4.79 Å². The molecule has 0 radical (unpaired) electrons. The zero-order chi connectivity index (χ0) is 13.2. The molecule has 6 heteroatoms. The van der Waals surface area contributed by atoms with Crippen molar-refractivity contribution in [1.29, 1.82) is 0 Å². The summed E-state index contributed by atoms with van der Waals surface area (Å²) in [7, 11) is 0. The van der Waals surface area contributed by atoms with Gasteiger partial charge in [0.25, 0.3) is 0 Å². The number of carbonyl (C=O) groups is 1. The van der Waals surface area contributed by atoms with Gasteiger partial charge >= 0.3 is 5.97 Å². The SMILES string of the molecule is O=C(O)c1ccc(-n2cnnc2)cc1N1CCCC1. The van der Waals surface area contributed by atoms with E-state index in [9.17, 15) is 9.90 Å². The Labute approximate surface area is 110 Å². The van der Waals surface area contributed by atoms with Crippen LogP contribution < -0.4 is 4.90 Å². The molecule has 3 rings (SSSR count). The average Bonchev–Trinajstić information content (AvgIpc) is 3.11. The van der Waals surface area contributed by atoms with Crippen LogP contribution in [0.4, 0.5) is 5.69 Å². The van der Waals surface area contributed by atoms with E-state index in [1.165, 1.54) is 0 Å². The summed E-state index contributed by atoms with van der Waals surface area (Å²) in [5, 5.41) is 16.8. The van der Waals surface area contributed by atoms with Gasteiger partial charge in [-0.1, -0.05) is 0 Å². The van der Waals surface area contributed by atoms with Crippen LogP contribution in [0.25, 0.3) is 5.69 Å². The highest BCUT2D eigenvalue weighted by Crippen LogP contribution is 2.27. The molecule has 1 aliphatic rings. The normalized spacial score (nSPS) is 14.8. The van der Waals surface area contributed by atoms with Crippen molar-refractivity contribution >= 4 is 11.7 Å². The Kier molecular flexibility index (Phi) is 2.91. The minimum absolute atomic E-state index is 0.346. The van der Waals surface area contributed by atoms with Crippen LogP contribution in [0.2, 0.25) is 0 Å². The second kappa shape index (κ2) is 4.72. The first-order valence-electron chi connectivity index (χ1n) is 6.23. The molecule has 0 amide bonds. The van der Waals surface area contributed by atoms with E-state index in [1.54, 1.807) is 29.4 Å². The number of carboxylic acid groups (broad SMARTS) is 1. The molecule has 0 aliphatic carbocycles. The number of carboxylic acids is 1. The maximum absolute atomic E-state index is 11.3. The van der Waals surface area contributed by atoms with Gasteiger partial charge in [0, 0.05) is 13.1 Å². The van der Waals surface area contributed by atoms with E-state index >= 15 is 0 Å². The summed E-state index contributed by atoms with van der Waals surface area (Å²) in [6, 6.07) is 5.30. The van der Waals surface area contributed by atoms with Crippen molar-refractivity contribution < 1.29 is 9.90 Å². The van der Waals surface area contributed by atoms with Gasteiger partial charge in [0.05, 0.1) is 16.9 Å². The lowest BCUT2D eigenvalue weighted by Crippen LogP contribution is -2.21. The number of aromatic nitrogens is 3. The molecule has 1 saturated heterocycles.